The van der Waals surface area contributed by atoms with Crippen LogP contribution in [0.5, 0.6) is 0 Å². The molecule has 2 rings (SSSR count). The molecule has 2 N–H and O–H groups in total. The molecule has 0 amide bonds. The largest absolute Gasteiger partial charge is 0.353 e. The van der Waals surface area contributed by atoms with Gasteiger partial charge in [0, 0.05) is 40.6 Å². The summed E-state index contributed by atoms with van der Waals surface area (Å²) in [4.78, 5) is 10.9. The van der Waals surface area contributed by atoms with E-state index >= 15 is 0 Å². The van der Waals surface area contributed by atoms with Crippen molar-refractivity contribution in [2.75, 3.05) is 37.8 Å². The quantitative estimate of drug-likeness (QED) is 0.838. The van der Waals surface area contributed by atoms with E-state index in [1.165, 1.54) is 0 Å². The lowest BCUT2D eigenvalue weighted by atomic mass is 10.3. The predicted molar refractivity (Wildman–Crippen MR) is 93.6 cm³/mol. The highest BCUT2D eigenvalue weighted by molar-refractivity contribution is 6.35. The number of aryl methyl sites for hydroxylation is 1. The van der Waals surface area contributed by atoms with Crippen molar-refractivity contribution in [2.24, 2.45) is 0 Å². The summed E-state index contributed by atoms with van der Waals surface area (Å²) in [5.74, 6) is 1.29. The monoisotopic (exact) mass is 339 g/mol. The zero-order valence-electron chi connectivity index (χ0n) is 12.8. The molecule has 0 atom stereocenters. The minimum atomic E-state index is 0.574. The summed E-state index contributed by atoms with van der Waals surface area (Å²) < 4.78 is 0. The van der Waals surface area contributed by atoms with Crippen molar-refractivity contribution in [3.05, 3.63) is 40.0 Å². The molecule has 0 unspecified atom stereocenters. The van der Waals surface area contributed by atoms with E-state index in [1.807, 2.05) is 27.1 Å². The molecule has 2 aromatic rings. The average molecular weight is 340 g/mol. The molecule has 0 saturated heterocycles. The molecule has 0 aliphatic carbocycles. The standard InChI is InChI=1S/C15H19Cl2N5/c1-10-6-14(20-13-8-11(16)7-12(17)9-13)21-15(19-10)18-4-5-22(2)3/h6-9H,4-5H2,1-3H3,(H2,18,19,20,21). The molecule has 5 nitrogen and oxygen atoms in total. The van der Waals surface area contributed by atoms with Crippen LogP contribution in [0.3, 0.4) is 0 Å². The number of likely N-dealkylation sites (N-methyl/N-ethyl adjacent to an activating group) is 1. The molecule has 1 aromatic heterocycles. The lowest BCUT2D eigenvalue weighted by molar-refractivity contribution is 0.425. The molecule has 0 aliphatic heterocycles. The number of halogens is 2. The number of nitrogens with zero attached hydrogens (tertiary/aromatic N) is 3. The zero-order chi connectivity index (χ0) is 16.1. The number of benzene rings is 1. The molecular formula is C15H19Cl2N5. The molecule has 0 saturated carbocycles. The van der Waals surface area contributed by atoms with E-state index in [4.69, 9.17) is 23.2 Å². The SMILES string of the molecule is Cc1cc(Nc2cc(Cl)cc(Cl)c2)nc(NCCN(C)C)n1. The molecule has 0 aliphatic rings. The summed E-state index contributed by atoms with van der Waals surface area (Å²) in [6.07, 6.45) is 0. The summed E-state index contributed by atoms with van der Waals surface area (Å²) in [6.45, 7) is 3.61. The zero-order valence-corrected chi connectivity index (χ0v) is 14.3. The van der Waals surface area contributed by atoms with Crippen LogP contribution in [0, 0.1) is 6.92 Å². The van der Waals surface area contributed by atoms with E-state index in [0.29, 0.717) is 21.8 Å². The molecule has 0 radical (unpaired) electrons. The van der Waals surface area contributed by atoms with Crippen molar-refractivity contribution in [1.82, 2.24) is 14.9 Å². The van der Waals surface area contributed by atoms with Crippen LogP contribution in [0.15, 0.2) is 24.3 Å². The van der Waals surface area contributed by atoms with Gasteiger partial charge in [-0.15, -0.1) is 0 Å². The van der Waals surface area contributed by atoms with Crippen molar-refractivity contribution < 1.29 is 0 Å². The second-order valence-corrected chi connectivity index (χ2v) is 6.10. The topological polar surface area (TPSA) is 53.1 Å². The van der Waals surface area contributed by atoms with Gasteiger partial charge in [-0.1, -0.05) is 23.2 Å². The normalized spacial score (nSPS) is 10.8. The number of hydrogen-bond donors (Lipinski definition) is 2. The van der Waals surface area contributed by atoms with Gasteiger partial charge in [0.05, 0.1) is 0 Å². The van der Waals surface area contributed by atoms with E-state index in [-0.39, 0.29) is 0 Å². The number of rotatable bonds is 6. The van der Waals surface area contributed by atoms with E-state index in [1.54, 1.807) is 18.2 Å². The Bertz CT molecular complexity index is 626. The first-order valence-electron chi connectivity index (χ1n) is 6.90. The minimum absolute atomic E-state index is 0.574. The number of aromatic nitrogens is 2. The van der Waals surface area contributed by atoms with Crippen LogP contribution >= 0.6 is 23.2 Å². The maximum atomic E-state index is 6.00. The van der Waals surface area contributed by atoms with E-state index in [0.717, 1.165) is 24.5 Å². The number of nitrogens with one attached hydrogen (secondary N) is 2. The third-order valence-corrected chi connectivity index (χ3v) is 3.27. The fraction of sp³-hybridized carbons (Fsp3) is 0.333. The Hall–Kier alpha value is -1.56. The summed E-state index contributed by atoms with van der Waals surface area (Å²) in [6, 6.07) is 7.15. The van der Waals surface area contributed by atoms with Crippen LogP contribution in [-0.2, 0) is 0 Å². The Morgan fingerprint density at radius 2 is 1.73 bits per heavy atom. The van der Waals surface area contributed by atoms with Crippen molar-refractivity contribution in [3.63, 3.8) is 0 Å². The van der Waals surface area contributed by atoms with Gasteiger partial charge in [0.15, 0.2) is 0 Å². The molecule has 1 heterocycles. The molecule has 0 spiro atoms. The average Bonchev–Trinajstić information content (AvgIpc) is 2.36. The van der Waals surface area contributed by atoms with Crippen molar-refractivity contribution in [3.8, 4) is 0 Å². The Balaban J connectivity index is 2.11. The second kappa shape index (κ2) is 7.63. The summed E-state index contributed by atoms with van der Waals surface area (Å²) in [7, 11) is 4.04. The van der Waals surface area contributed by atoms with Crippen molar-refractivity contribution in [2.45, 2.75) is 6.92 Å². The van der Waals surface area contributed by atoms with Gasteiger partial charge in [0.2, 0.25) is 5.95 Å². The molecule has 1 aromatic carbocycles. The van der Waals surface area contributed by atoms with Gasteiger partial charge in [0.1, 0.15) is 5.82 Å². The highest BCUT2D eigenvalue weighted by atomic mass is 35.5. The van der Waals surface area contributed by atoms with Crippen LogP contribution in [-0.4, -0.2) is 42.1 Å². The first-order chi connectivity index (χ1) is 10.4. The first-order valence-corrected chi connectivity index (χ1v) is 7.65. The number of hydrogen-bond acceptors (Lipinski definition) is 5. The predicted octanol–water partition coefficient (Wildman–Crippen LogP) is 3.81. The fourth-order valence-electron chi connectivity index (χ4n) is 1.88. The van der Waals surface area contributed by atoms with E-state index in [9.17, 15) is 0 Å². The fourth-order valence-corrected chi connectivity index (χ4v) is 2.40. The van der Waals surface area contributed by atoms with E-state index in [2.05, 4.69) is 25.5 Å². The third-order valence-electron chi connectivity index (χ3n) is 2.83. The van der Waals surface area contributed by atoms with Gasteiger partial charge >= 0.3 is 0 Å². The third kappa shape index (κ3) is 5.33. The lowest BCUT2D eigenvalue weighted by Crippen LogP contribution is -2.21. The van der Waals surface area contributed by atoms with Gasteiger partial charge in [-0.25, -0.2) is 4.98 Å². The van der Waals surface area contributed by atoms with Crippen LogP contribution in [0.4, 0.5) is 17.5 Å². The lowest BCUT2D eigenvalue weighted by Gasteiger charge is -2.12. The van der Waals surface area contributed by atoms with E-state index < -0.39 is 0 Å². The molecule has 0 bridgehead atoms. The van der Waals surface area contributed by atoms with Gasteiger partial charge < -0.3 is 15.5 Å². The molecule has 22 heavy (non-hydrogen) atoms. The van der Waals surface area contributed by atoms with Gasteiger partial charge in [-0.2, -0.15) is 4.98 Å². The van der Waals surface area contributed by atoms with Crippen LogP contribution in [0.25, 0.3) is 0 Å². The molecular weight excluding hydrogens is 321 g/mol. The highest BCUT2D eigenvalue weighted by Crippen LogP contribution is 2.25. The van der Waals surface area contributed by atoms with Gasteiger partial charge in [-0.05, 0) is 39.2 Å². The molecule has 118 valence electrons. The molecule has 0 fully saturated rings. The van der Waals surface area contributed by atoms with Crippen molar-refractivity contribution >= 4 is 40.7 Å². The summed E-state index contributed by atoms with van der Waals surface area (Å²) >= 11 is 12.0. The Labute approximate surface area is 140 Å². The van der Waals surface area contributed by atoms with Gasteiger partial charge in [0.25, 0.3) is 0 Å². The second-order valence-electron chi connectivity index (χ2n) is 5.23. The van der Waals surface area contributed by atoms with Gasteiger partial charge in [-0.3, -0.25) is 0 Å². The Kier molecular flexibility index (Phi) is 5.83. The molecule has 7 heteroatoms. The Morgan fingerprint density at radius 1 is 1.05 bits per heavy atom. The smallest absolute Gasteiger partial charge is 0.224 e. The van der Waals surface area contributed by atoms with Crippen LogP contribution < -0.4 is 10.6 Å². The van der Waals surface area contributed by atoms with Crippen LogP contribution in [0.2, 0.25) is 10.0 Å². The first kappa shape index (κ1) is 16.8. The Morgan fingerprint density at radius 3 is 2.36 bits per heavy atom. The number of anilines is 3. The highest BCUT2D eigenvalue weighted by Gasteiger charge is 2.04. The summed E-state index contributed by atoms with van der Waals surface area (Å²) in [5.41, 5.74) is 1.66. The van der Waals surface area contributed by atoms with Crippen LogP contribution in [0.1, 0.15) is 5.69 Å². The minimum Gasteiger partial charge on any atom is -0.353 e. The van der Waals surface area contributed by atoms with Crippen molar-refractivity contribution in [1.29, 1.82) is 0 Å². The summed E-state index contributed by atoms with van der Waals surface area (Å²) in [5, 5.41) is 7.55. The maximum absolute atomic E-state index is 6.00. The maximum Gasteiger partial charge on any atom is 0.224 e.